The molecule has 1 aromatic carbocycles. The van der Waals surface area contributed by atoms with Crippen LogP contribution in [0.4, 0.5) is 0 Å². The molecule has 2 heterocycles. The summed E-state index contributed by atoms with van der Waals surface area (Å²) in [7, 11) is 1.61. The zero-order valence-corrected chi connectivity index (χ0v) is 14.5. The van der Waals surface area contributed by atoms with Crippen LogP contribution in [0, 0.1) is 11.8 Å². The van der Waals surface area contributed by atoms with Gasteiger partial charge in [0.15, 0.2) is 0 Å². The summed E-state index contributed by atoms with van der Waals surface area (Å²) >= 11 is 0. The van der Waals surface area contributed by atoms with Crippen LogP contribution in [0.25, 0.3) is 0 Å². The van der Waals surface area contributed by atoms with Crippen molar-refractivity contribution in [2.45, 2.75) is 31.8 Å². The third-order valence-electron chi connectivity index (χ3n) is 5.30. The predicted molar refractivity (Wildman–Crippen MR) is 91.5 cm³/mol. The van der Waals surface area contributed by atoms with Gasteiger partial charge in [-0.1, -0.05) is 12.1 Å². The van der Waals surface area contributed by atoms with E-state index in [2.05, 4.69) is 0 Å². The molecule has 2 fully saturated rings. The monoisotopic (exact) mass is 347 g/mol. The fraction of sp³-hybridized carbons (Fsp3) is 0.579. The highest BCUT2D eigenvalue weighted by Gasteiger charge is 2.40. The van der Waals surface area contributed by atoms with Gasteiger partial charge in [0, 0.05) is 19.7 Å². The number of benzene rings is 1. The highest BCUT2D eigenvalue weighted by Crippen LogP contribution is 2.33. The normalized spacial score (nSPS) is 24.3. The van der Waals surface area contributed by atoms with Gasteiger partial charge in [0.25, 0.3) is 0 Å². The average Bonchev–Trinajstić information content (AvgIpc) is 3.12. The van der Waals surface area contributed by atoms with E-state index in [4.69, 9.17) is 9.47 Å². The first-order valence-corrected chi connectivity index (χ1v) is 8.83. The third kappa shape index (κ3) is 4.12. The van der Waals surface area contributed by atoms with E-state index in [0.29, 0.717) is 32.5 Å². The second-order valence-electron chi connectivity index (χ2n) is 6.82. The van der Waals surface area contributed by atoms with Crippen molar-refractivity contribution in [2.24, 2.45) is 11.8 Å². The Labute approximate surface area is 147 Å². The van der Waals surface area contributed by atoms with E-state index in [0.717, 1.165) is 24.2 Å². The quantitative estimate of drug-likeness (QED) is 0.881. The Bertz CT molecular complexity index is 624. The first kappa shape index (κ1) is 17.7. The Morgan fingerprint density at radius 3 is 2.72 bits per heavy atom. The van der Waals surface area contributed by atoms with Crippen molar-refractivity contribution < 1.29 is 24.2 Å². The molecule has 25 heavy (non-hydrogen) atoms. The Balaban J connectivity index is 1.53. The van der Waals surface area contributed by atoms with Gasteiger partial charge in [0.1, 0.15) is 5.75 Å². The number of hydrogen-bond donors (Lipinski definition) is 1. The van der Waals surface area contributed by atoms with E-state index in [9.17, 15) is 14.7 Å². The fourth-order valence-corrected chi connectivity index (χ4v) is 3.89. The molecule has 2 atom stereocenters. The molecule has 1 amide bonds. The fourth-order valence-electron chi connectivity index (χ4n) is 3.89. The number of amides is 1. The Kier molecular flexibility index (Phi) is 5.58. The highest BCUT2D eigenvalue weighted by molar-refractivity contribution is 5.79. The van der Waals surface area contributed by atoms with Crippen LogP contribution in [-0.2, 0) is 20.7 Å². The molecule has 6 heteroatoms. The second-order valence-corrected chi connectivity index (χ2v) is 6.82. The van der Waals surface area contributed by atoms with Crippen molar-refractivity contribution in [3.63, 3.8) is 0 Å². The molecule has 1 aromatic rings. The smallest absolute Gasteiger partial charge is 0.309 e. The average molecular weight is 347 g/mol. The molecule has 0 spiro atoms. The SMILES string of the molecule is COc1cccc(CC(=O)N2CCC([C@@H]3OCC[C@@H]3C(=O)O)CC2)c1. The van der Waals surface area contributed by atoms with Gasteiger partial charge in [-0.3, -0.25) is 9.59 Å². The third-order valence-corrected chi connectivity index (χ3v) is 5.30. The molecule has 136 valence electrons. The lowest BCUT2D eigenvalue weighted by Gasteiger charge is -2.35. The number of methoxy groups -OCH3 is 1. The number of aliphatic carboxylic acids is 1. The molecular formula is C19H25NO5. The molecule has 0 unspecified atom stereocenters. The molecule has 0 saturated carbocycles. The van der Waals surface area contributed by atoms with Gasteiger partial charge in [-0.2, -0.15) is 0 Å². The molecule has 2 aliphatic rings. The number of hydrogen-bond acceptors (Lipinski definition) is 4. The summed E-state index contributed by atoms with van der Waals surface area (Å²) in [5.74, 6) is -0.0801. The Morgan fingerprint density at radius 2 is 2.04 bits per heavy atom. The maximum Gasteiger partial charge on any atom is 0.309 e. The summed E-state index contributed by atoms with van der Waals surface area (Å²) < 4.78 is 10.9. The van der Waals surface area contributed by atoms with E-state index in [-0.39, 0.29) is 17.9 Å². The predicted octanol–water partition coefficient (Wildman–Crippen LogP) is 1.97. The number of ether oxygens (including phenoxy) is 2. The maximum atomic E-state index is 12.5. The first-order valence-electron chi connectivity index (χ1n) is 8.83. The minimum Gasteiger partial charge on any atom is -0.497 e. The molecule has 0 aromatic heterocycles. The zero-order valence-electron chi connectivity index (χ0n) is 14.5. The molecule has 6 nitrogen and oxygen atoms in total. The lowest BCUT2D eigenvalue weighted by Crippen LogP contribution is -2.43. The number of likely N-dealkylation sites (tertiary alicyclic amines) is 1. The number of carbonyl (C=O) groups excluding carboxylic acids is 1. The molecular weight excluding hydrogens is 322 g/mol. The van der Waals surface area contributed by atoms with Gasteiger partial charge >= 0.3 is 5.97 Å². The Hall–Kier alpha value is -2.08. The van der Waals surface area contributed by atoms with E-state index in [1.165, 1.54) is 0 Å². The lowest BCUT2D eigenvalue weighted by molar-refractivity contribution is -0.145. The number of nitrogens with zero attached hydrogens (tertiary/aromatic N) is 1. The van der Waals surface area contributed by atoms with Crippen LogP contribution in [0.3, 0.4) is 0 Å². The molecule has 1 N–H and O–H groups in total. The van der Waals surface area contributed by atoms with Gasteiger partial charge < -0.3 is 19.5 Å². The van der Waals surface area contributed by atoms with Gasteiger partial charge in [-0.15, -0.1) is 0 Å². The van der Waals surface area contributed by atoms with Gasteiger partial charge in [-0.05, 0) is 42.9 Å². The van der Waals surface area contributed by atoms with E-state index >= 15 is 0 Å². The standard InChI is InChI=1S/C19H25NO5/c1-24-15-4-2-3-13(11-15)12-17(21)20-8-5-14(6-9-20)18-16(19(22)23)7-10-25-18/h2-4,11,14,16,18H,5-10,12H2,1H3,(H,22,23)/t16-,18-/m0/s1. The van der Waals surface area contributed by atoms with Crippen molar-refractivity contribution in [2.75, 3.05) is 26.8 Å². The number of carboxylic acid groups (broad SMARTS) is 1. The molecule has 2 saturated heterocycles. The second kappa shape index (κ2) is 7.87. The van der Waals surface area contributed by atoms with Crippen molar-refractivity contribution in [3.05, 3.63) is 29.8 Å². The minimum atomic E-state index is -0.765. The number of piperidine rings is 1. The van der Waals surface area contributed by atoms with Gasteiger partial charge in [0.2, 0.25) is 5.91 Å². The number of rotatable bonds is 5. The van der Waals surface area contributed by atoms with E-state index in [1.807, 2.05) is 29.2 Å². The van der Waals surface area contributed by atoms with Crippen molar-refractivity contribution in [1.29, 1.82) is 0 Å². The summed E-state index contributed by atoms with van der Waals surface area (Å²) in [6, 6.07) is 7.56. The summed E-state index contributed by atoms with van der Waals surface area (Å²) in [5, 5.41) is 9.31. The summed E-state index contributed by atoms with van der Waals surface area (Å²) in [4.78, 5) is 25.7. The summed E-state index contributed by atoms with van der Waals surface area (Å²) in [5.41, 5.74) is 0.941. The maximum absolute atomic E-state index is 12.5. The number of carbonyl (C=O) groups is 2. The largest absolute Gasteiger partial charge is 0.497 e. The Morgan fingerprint density at radius 1 is 1.28 bits per heavy atom. The lowest BCUT2D eigenvalue weighted by atomic mass is 9.84. The minimum absolute atomic E-state index is 0.105. The van der Waals surface area contributed by atoms with E-state index < -0.39 is 11.9 Å². The van der Waals surface area contributed by atoms with Crippen LogP contribution in [-0.4, -0.2) is 54.8 Å². The van der Waals surface area contributed by atoms with Crippen LogP contribution in [0.2, 0.25) is 0 Å². The van der Waals surface area contributed by atoms with Crippen molar-refractivity contribution in [3.8, 4) is 5.75 Å². The highest BCUT2D eigenvalue weighted by atomic mass is 16.5. The van der Waals surface area contributed by atoms with Crippen molar-refractivity contribution in [1.82, 2.24) is 4.90 Å². The van der Waals surface area contributed by atoms with Crippen LogP contribution in [0.15, 0.2) is 24.3 Å². The van der Waals surface area contributed by atoms with Crippen LogP contribution < -0.4 is 4.74 Å². The van der Waals surface area contributed by atoms with Gasteiger partial charge in [-0.25, -0.2) is 0 Å². The zero-order chi connectivity index (χ0) is 17.8. The van der Waals surface area contributed by atoms with Crippen LogP contribution in [0.5, 0.6) is 5.75 Å². The molecule has 0 bridgehead atoms. The van der Waals surface area contributed by atoms with Crippen molar-refractivity contribution >= 4 is 11.9 Å². The van der Waals surface area contributed by atoms with Crippen LogP contribution in [0.1, 0.15) is 24.8 Å². The van der Waals surface area contributed by atoms with Crippen LogP contribution >= 0.6 is 0 Å². The molecule has 0 aliphatic carbocycles. The summed E-state index contributed by atoms with van der Waals surface area (Å²) in [6.45, 7) is 1.86. The van der Waals surface area contributed by atoms with E-state index in [1.54, 1.807) is 7.11 Å². The summed E-state index contributed by atoms with van der Waals surface area (Å²) in [6.07, 6.45) is 2.36. The topological polar surface area (TPSA) is 76.1 Å². The molecule has 2 aliphatic heterocycles. The first-order chi connectivity index (χ1) is 12.1. The molecule has 0 radical (unpaired) electrons. The number of carboxylic acids is 1. The van der Waals surface area contributed by atoms with Gasteiger partial charge in [0.05, 0.1) is 25.6 Å². The molecule has 3 rings (SSSR count).